The normalized spacial score (nSPS) is 15.4. The summed E-state index contributed by atoms with van der Waals surface area (Å²) < 4.78 is 49.4. The molecule has 1 fully saturated rings. The maximum atomic E-state index is 13.5. The highest BCUT2D eigenvalue weighted by atomic mass is 32.2. The number of nitrogens with zero attached hydrogens (tertiary/aromatic N) is 1. The molecule has 3 rings (SSSR count). The fraction of sp³-hybridized carbons (Fsp3) is 0.278. The van der Waals surface area contributed by atoms with Crippen molar-refractivity contribution in [3.05, 3.63) is 48.3 Å². The van der Waals surface area contributed by atoms with Gasteiger partial charge in [-0.1, -0.05) is 12.1 Å². The summed E-state index contributed by atoms with van der Waals surface area (Å²) in [4.78, 5) is 12.2. The second-order valence-electron chi connectivity index (χ2n) is 5.89. The van der Waals surface area contributed by atoms with Gasteiger partial charge in [-0.15, -0.1) is 0 Å². The molecular weight excluding hydrogens is 375 g/mol. The number of nitrogens with one attached hydrogen (secondary N) is 1. The van der Waals surface area contributed by atoms with Gasteiger partial charge < -0.3 is 14.8 Å². The number of rotatable bonds is 6. The minimum Gasteiger partial charge on any atom is -0.495 e. The summed E-state index contributed by atoms with van der Waals surface area (Å²) >= 11 is 0. The quantitative estimate of drug-likeness (QED) is 0.813. The standard InChI is InChI=1S/C18H19FN2O5S/c1-25-17-8-7-13(21-9-4-10-27(21,23)24)11-15(17)20-18(22)12-26-16-6-3-2-5-14(16)19/h2-3,5-8,11H,4,9-10,12H2,1H3,(H,20,22). The van der Waals surface area contributed by atoms with Crippen molar-refractivity contribution >= 4 is 27.3 Å². The summed E-state index contributed by atoms with van der Waals surface area (Å²) in [5.74, 6) is -0.662. The Morgan fingerprint density at radius 1 is 1.22 bits per heavy atom. The van der Waals surface area contributed by atoms with E-state index in [1.807, 2.05) is 0 Å². The Bertz CT molecular complexity index is 949. The van der Waals surface area contributed by atoms with Crippen LogP contribution in [0.15, 0.2) is 42.5 Å². The molecule has 1 aliphatic rings. The number of ether oxygens (including phenoxy) is 2. The van der Waals surface area contributed by atoms with Gasteiger partial charge >= 0.3 is 0 Å². The van der Waals surface area contributed by atoms with E-state index in [9.17, 15) is 17.6 Å². The zero-order valence-corrected chi connectivity index (χ0v) is 15.5. The van der Waals surface area contributed by atoms with Crippen LogP contribution in [0.1, 0.15) is 6.42 Å². The third kappa shape index (κ3) is 4.30. The number of para-hydroxylation sites is 1. The lowest BCUT2D eigenvalue weighted by Gasteiger charge is -2.19. The number of benzene rings is 2. The summed E-state index contributed by atoms with van der Waals surface area (Å²) in [7, 11) is -1.90. The van der Waals surface area contributed by atoms with Gasteiger partial charge in [0, 0.05) is 6.54 Å². The average molecular weight is 394 g/mol. The second-order valence-corrected chi connectivity index (χ2v) is 7.91. The zero-order chi connectivity index (χ0) is 19.4. The van der Waals surface area contributed by atoms with Crippen LogP contribution in [0.4, 0.5) is 15.8 Å². The van der Waals surface area contributed by atoms with Crippen molar-refractivity contribution in [2.24, 2.45) is 0 Å². The predicted octanol–water partition coefficient (Wildman–Crippen LogP) is 2.39. The highest BCUT2D eigenvalue weighted by molar-refractivity contribution is 7.93. The molecule has 2 aromatic rings. The van der Waals surface area contributed by atoms with Crippen molar-refractivity contribution in [3.8, 4) is 11.5 Å². The number of amides is 1. The molecule has 0 aromatic heterocycles. The summed E-state index contributed by atoms with van der Waals surface area (Å²) in [6, 6.07) is 10.5. The van der Waals surface area contributed by atoms with Gasteiger partial charge in [-0.3, -0.25) is 9.10 Å². The summed E-state index contributed by atoms with van der Waals surface area (Å²) in [5, 5.41) is 2.61. The number of halogens is 1. The van der Waals surface area contributed by atoms with Gasteiger partial charge in [-0.25, -0.2) is 12.8 Å². The van der Waals surface area contributed by atoms with E-state index >= 15 is 0 Å². The van der Waals surface area contributed by atoms with E-state index in [1.165, 1.54) is 35.7 Å². The van der Waals surface area contributed by atoms with Crippen LogP contribution in [-0.4, -0.2) is 40.3 Å². The van der Waals surface area contributed by atoms with Crippen LogP contribution in [0.2, 0.25) is 0 Å². The molecule has 27 heavy (non-hydrogen) atoms. The Morgan fingerprint density at radius 2 is 2.00 bits per heavy atom. The highest BCUT2D eigenvalue weighted by Gasteiger charge is 2.29. The van der Waals surface area contributed by atoms with E-state index in [0.29, 0.717) is 30.1 Å². The fourth-order valence-electron chi connectivity index (χ4n) is 2.77. The monoisotopic (exact) mass is 394 g/mol. The molecule has 0 saturated carbocycles. The van der Waals surface area contributed by atoms with Crippen LogP contribution >= 0.6 is 0 Å². The van der Waals surface area contributed by atoms with E-state index in [1.54, 1.807) is 18.2 Å². The molecule has 1 amide bonds. The van der Waals surface area contributed by atoms with Gasteiger partial charge in [0.25, 0.3) is 5.91 Å². The van der Waals surface area contributed by atoms with E-state index in [-0.39, 0.29) is 11.5 Å². The summed E-state index contributed by atoms with van der Waals surface area (Å²) in [5.41, 5.74) is 0.748. The smallest absolute Gasteiger partial charge is 0.262 e. The fourth-order valence-corrected chi connectivity index (χ4v) is 4.33. The Morgan fingerprint density at radius 3 is 2.67 bits per heavy atom. The number of hydrogen-bond donors (Lipinski definition) is 1. The Hall–Kier alpha value is -2.81. The first-order valence-electron chi connectivity index (χ1n) is 8.26. The second kappa shape index (κ2) is 7.83. The lowest BCUT2D eigenvalue weighted by atomic mass is 10.2. The van der Waals surface area contributed by atoms with Crippen LogP contribution in [0.25, 0.3) is 0 Å². The van der Waals surface area contributed by atoms with Crippen molar-refractivity contribution in [2.45, 2.75) is 6.42 Å². The Labute approximate surface area is 156 Å². The van der Waals surface area contributed by atoms with Gasteiger partial charge in [0.2, 0.25) is 10.0 Å². The van der Waals surface area contributed by atoms with Crippen LogP contribution in [-0.2, 0) is 14.8 Å². The molecule has 0 aliphatic carbocycles. The number of anilines is 2. The minimum absolute atomic E-state index is 0.0310. The number of carbonyl (C=O) groups is 1. The lowest BCUT2D eigenvalue weighted by Crippen LogP contribution is -2.25. The lowest BCUT2D eigenvalue weighted by molar-refractivity contribution is -0.118. The Balaban J connectivity index is 1.74. The summed E-state index contributed by atoms with van der Waals surface area (Å²) in [6.45, 7) is -0.0191. The van der Waals surface area contributed by atoms with Crippen LogP contribution in [0.3, 0.4) is 0 Å². The molecule has 7 nitrogen and oxygen atoms in total. The average Bonchev–Trinajstić information content (AvgIpc) is 3.00. The first kappa shape index (κ1) is 19.0. The first-order valence-corrected chi connectivity index (χ1v) is 9.87. The number of carbonyl (C=O) groups excluding carboxylic acids is 1. The van der Waals surface area contributed by atoms with Crippen molar-refractivity contribution < 1.29 is 27.1 Å². The zero-order valence-electron chi connectivity index (χ0n) is 14.6. The molecule has 1 saturated heterocycles. The third-order valence-corrected chi connectivity index (χ3v) is 5.91. The topological polar surface area (TPSA) is 84.9 Å². The molecule has 1 aliphatic heterocycles. The molecular formula is C18H19FN2O5S. The van der Waals surface area contributed by atoms with Gasteiger partial charge in [-0.05, 0) is 36.8 Å². The van der Waals surface area contributed by atoms with Crippen molar-refractivity contribution in [2.75, 3.05) is 35.6 Å². The van der Waals surface area contributed by atoms with Crippen LogP contribution in [0, 0.1) is 5.82 Å². The van der Waals surface area contributed by atoms with Crippen molar-refractivity contribution in [1.82, 2.24) is 0 Å². The number of methoxy groups -OCH3 is 1. The molecule has 0 bridgehead atoms. The maximum Gasteiger partial charge on any atom is 0.262 e. The summed E-state index contributed by atoms with van der Waals surface area (Å²) in [6.07, 6.45) is 0.548. The predicted molar refractivity (Wildman–Crippen MR) is 99.3 cm³/mol. The van der Waals surface area contributed by atoms with Crippen molar-refractivity contribution in [1.29, 1.82) is 0 Å². The molecule has 0 atom stereocenters. The SMILES string of the molecule is COc1ccc(N2CCCS2(=O)=O)cc1NC(=O)COc1ccccc1F. The van der Waals surface area contributed by atoms with Gasteiger partial charge in [0.1, 0.15) is 5.75 Å². The largest absolute Gasteiger partial charge is 0.495 e. The molecule has 9 heteroatoms. The number of hydrogen-bond acceptors (Lipinski definition) is 5. The van der Waals surface area contributed by atoms with E-state index in [2.05, 4.69) is 5.32 Å². The van der Waals surface area contributed by atoms with Gasteiger partial charge in [-0.2, -0.15) is 0 Å². The van der Waals surface area contributed by atoms with Gasteiger partial charge in [0.15, 0.2) is 18.2 Å². The molecule has 0 radical (unpaired) electrons. The molecule has 0 spiro atoms. The molecule has 0 unspecified atom stereocenters. The van der Waals surface area contributed by atoms with Crippen molar-refractivity contribution in [3.63, 3.8) is 0 Å². The van der Waals surface area contributed by atoms with E-state index < -0.39 is 28.4 Å². The van der Waals surface area contributed by atoms with Crippen LogP contribution in [0.5, 0.6) is 11.5 Å². The van der Waals surface area contributed by atoms with E-state index in [0.717, 1.165) is 0 Å². The first-order chi connectivity index (χ1) is 12.9. The van der Waals surface area contributed by atoms with Gasteiger partial charge in [0.05, 0.1) is 24.2 Å². The number of sulfonamides is 1. The van der Waals surface area contributed by atoms with Crippen LogP contribution < -0.4 is 19.1 Å². The molecule has 2 aromatic carbocycles. The molecule has 144 valence electrons. The highest BCUT2D eigenvalue weighted by Crippen LogP contribution is 2.32. The molecule has 1 heterocycles. The van der Waals surface area contributed by atoms with E-state index in [4.69, 9.17) is 9.47 Å². The molecule has 1 N–H and O–H groups in total. The third-order valence-electron chi connectivity index (χ3n) is 4.04. The maximum absolute atomic E-state index is 13.5. The minimum atomic E-state index is -3.34. The Kier molecular flexibility index (Phi) is 5.50.